The van der Waals surface area contributed by atoms with Crippen LogP contribution in [0.1, 0.15) is 25.8 Å². The molecule has 0 saturated carbocycles. The van der Waals surface area contributed by atoms with Gasteiger partial charge in [0.15, 0.2) is 0 Å². The van der Waals surface area contributed by atoms with Crippen LogP contribution in [0.4, 0.5) is 0 Å². The number of nitrogens with zero attached hydrogens (tertiary/aromatic N) is 1. The van der Waals surface area contributed by atoms with Crippen molar-refractivity contribution in [3.8, 4) is 0 Å². The third kappa shape index (κ3) is 2.87. The number of carbonyl (C=O) groups is 1. The third-order valence-corrected chi connectivity index (χ3v) is 4.33. The first-order valence-corrected chi connectivity index (χ1v) is 6.98. The summed E-state index contributed by atoms with van der Waals surface area (Å²) in [6.07, 6.45) is 1.43. The monoisotopic (exact) mass is 252 g/mol. The van der Waals surface area contributed by atoms with Crippen molar-refractivity contribution in [2.24, 2.45) is 11.1 Å². The number of hydrogen-bond acceptors (Lipinski definition) is 3. The molecule has 1 atom stereocenters. The smallest absolute Gasteiger partial charge is 0.227 e. The lowest BCUT2D eigenvalue weighted by Gasteiger charge is -2.42. The van der Waals surface area contributed by atoms with E-state index in [4.69, 9.17) is 5.73 Å². The van der Waals surface area contributed by atoms with Gasteiger partial charge in [0.1, 0.15) is 0 Å². The van der Waals surface area contributed by atoms with E-state index >= 15 is 0 Å². The van der Waals surface area contributed by atoms with Gasteiger partial charge in [-0.15, -0.1) is 0 Å². The predicted molar refractivity (Wildman–Crippen MR) is 71.0 cm³/mol. The number of nitrogens with two attached hydrogens (primary N) is 1. The van der Waals surface area contributed by atoms with Gasteiger partial charge in [0.05, 0.1) is 6.42 Å². The quantitative estimate of drug-likeness (QED) is 0.873. The Bertz CT molecular complexity index is 386. The molecule has 1 amide bonds. The second kappa shape index (κ2) is 4.78. The van der Waals surface area contributed by atoms with Crippen LogP contribution in [0.3, 0.4) is 0 Å². The molecule has 1 aromatic rings. The van der Waals surface area contributed by atoms with Crippen molar-refractivity contribution in [1.82, 2.24) is 4.90 Å². The first-order chi connectivity index (χ1) is 7.99. The predicted octanol–water partition coefficient (Wildman–Crippen LogP) is 1.88. The van der Waals surface area contributed by atoms with Crippen molar-refractivity contribution in [3.05, 3.63) is 22.4 Å². The van der Waals surface area contributed by atoms with Gasteiger partial charge in [0.25, 0.3) is 0 Å². The van der Waals surface area contributed by atoms with E-state index in [9.17, 15) is 4.79 Å². The Morgan fingerprint density at radius 1 is 1.65 bits per heavy atom. The van der Waals surface area contributed by atoms with Crippen molar-refractivity contribution in [1.29, 1.82) is 0 Å². The van der Waals surface area contributed by atoms with E-state index < -0.39 is 0 Å². The molecule has 1 unspecified atom stereocenters. The van der Waals surface area contributed by atoms with Gasteiger partial charge in [-0.3, -0.25) is 4.79 Å². The summed E-state index contributed by atoms with van der Waals surface area (Å²) in [5.41, 5.74) is 7.22. The summed E-state index contributed by atoms with van der Waals surface area (Å²) in [4.78, 5) is 14.1. The number of thiophene rings is 1. The van der Waals surface area contributed by atoms with Crippen LogP contribution in [-0.2, 0) is 11.2 Å². The molecule has 0 aliphatic carbocycles. The molecular formula is C13H20N2OS. The normalized spacial score (nSPS) is 23.7. The van der Waals surface area contributed by atoms with E-state index in [0.29, 0.717) is 6.42 Å². The fraction of sp³-hybridized carbons (Fsp3) is 0.615. The molecule has 94 valence electrons. The fourth-order valence-corrected chi connectivity index (χ4v) is 2.94. The Balaban J connectivity index is 1.97. The molecule has 17 heavy (non-hydrogen) atoms. The van der Waals surface area contributed by atoms with Crippen molar-refractivity contribution < 1.29 is 4.79 Å². The topological polar surface area (TPSA) is 46.3 Å². The number of hydrogen-bond donors (Lipinski definition) is 1. The minimum Gasteiger partial charge on any atom is -0.342 e. The molecule has 2 rings (SSSR count). The Hall–Kier alpha value is -0.870. The highest BCUT2D eigenvalue weighted by Gasteiger charge is 2.35. The number of piperidine rings is 1. The summed E-state index contributed by atoms with van der Waals surface area (Å²) in [5, 5.41) is 4.05. The Morgan fingerprint density at radius 3 is 3.00 bits per heavy atom. The maximum Gasteiger partial charge on any atom is 0.227 e. The van der Waals surface area contributed by atoms with Gasteiger partial charge in [-0.2, -0.15) is 11.3 Å². The highest BCUT2D eigenvalue weighted by Crippen LogP contribution is 2.28. The van der Waals surface area contributed by atoms with Crippen LogP contribution in [0.25, 0.3) is 0 Å². The van der Waals surface area contributed by atoms with Gasteiger partial charge in [-0.1, -0.05) is 13.8 Å². The second-order valence-corrected chi connectivity index (χ2v) is 6.29. The molecule has 1 aromatic heterocycles. The minimum atomic E-state index is 0.0303. The van der Waals surface area contributed by atoms with Crippen LogP contribution in [0.5, 0.6) is 0 Å². The Morgan fingerprint density at radius 2 is 2.41 bits per heavy atom. The molecule has 0 spiro atoms. The van der Waals surface area contributed by atoms with Gasteiger partial charge in [-0.25, -0.2) is 0 Å². The molecule has 1 aliphatic rings. The maximum atomic E-state index is 12.1. The molecule has 4 heteroatoms. The van der Waals surface area contributed by atoms with Crippen LogP contribution in [0.2, 0.25) is 0 Å². The largest absolute Gasteiger partial charge is 0.342 e. The van der Waals surface area contributed by atoms with E-state index in [1.165, 1.54) is 0 Å². The van der Waals surface area contributed by atoms with Crippen LogP contribution < -0.4 is 5.73 Å². The molecule has 2 N–H and O–H groups in total. The van der Waals surface area contributed by atoms with Gasteiger partial charge in [0.2, 0.25) is 5.91 Å². The highest BCUT2D eigenvalue weighted by molar-refractivity contribution is 7.07. The van der Waals surface area contributed by atoms with E-state index in [-0.39, 0.29) is 17.4 Å². The van der Waals surface area contributed by atoms with E-state index in [0.717, 1.165) is 25.1 Å². The molecular weight excluding hydrogens is 232 g/mol. The SMILES string of the molecule is CC1(C)CN(C(=O)Cc2ccsc2)CCC1N. The zero-order valence-corrected chi connectivity index (χ0v) is 11.3. The average Bonchev–Trinajstić information content (AvgIpc) is 2.74. The van der Waals surface area contributed by atoms with Gasteiger partial charge >= 0.3 is 0 Å². The molecule has 1 saturated heterocycles. The van der Waals surface area contributed by atoms with Crippen LogP contribution in [-0.4, -0.2) is 29.9 Å². The standard InChI is InChI=1S/C13H20N2OS/c1-13(2)9-15(5-3-11(13)14)12(16)7-10-4-6-17-8-10/h4,6,8,11H,3,5,7,9,14H2,1-2H3. The number of rotatable bonds is 2. The zero-order chi connectivity index (χ0) is 12.5. The van der Waals surface area contributed by atoms with Gasteiger partial charge < -0.3 is 10.6 Å². The van der Waals surface area contributed by atoms with E-state index in [1.54, 1.807) is 11.3 Å². The van der Waals surface area contributed by atoms with Gasteiger partial charge in [0, 0.05) is 19.1 Å². The molecule has 0 bridgehead atoms. The van der Waals surface area contributed by atoms with Crippen molar-refractivity contribution >= 4 is 17.2 Å². The minimum absolute atomic E-state index is 0.0303. The second-order valence-electron chi connectivity index (χ2n) is 5.51. The molecule has 3 nitrogen and oxygen atoms in total. The van der Waals surface area contributed by atoms with E-state index in [1.807, 2.05) is 21.7 Å². The van der Waals surface area contributed by atoms with Crippen LogP contribution >= 0.6 is 11.3 Å². The molecule has 0 aromatic carbocycles. The first-order valence-electron chi connectivity index (χ1n) is 6.03. The lowest BCUT2D eigenvalue weighted by molar-refractivity contribution is -0.133. The van der Waals surface area contributed by atoms with Crippen LogP contribution in [0.15, 0.2) is 16.8 Å². The zero-order valence-electron chi connectivity index (χ0n) is 10.5. The molecule has 1 fully saturated rings. The summed E-state index contributed by atoms with van der Waals surface area (Å²) in [6, 6.07) is 2.22. The lowest BCUT2D eigenvalue weighted by atomic mass is 9.79. The third-order valence-electron chi connectivity index (χ3n) is 3.60. The Labute approximate surface area is 107 Å². The Kier molecular flexibility index (Phi) is 3.54. The number of carbonyl (C=O) groups excluding carboxylic acids is 1. The summed E-state index contributed by atoms with van der Waals surface area (Å²) >= 11 is 1.64. The van der Waals surface area contributed by atoms with Gasteiger partial charge in [-0.05, 0) is 34.2 Å². The van der Waals surface area contributed by atoms with Crippen LogP contribution in [0, 0.1) is 5.41 Å². The lowest BCUT2D eigenvalue weighted by Crippen LogP contribution is -2.54. The number of amides is 1. The summed E-state index contributed by atoms with van der Waals surface area (Å²) in [5.74, 6) is 0.225. The van der Waals surface area contributed by atoms with E-state index in [2.05, 4.69) is 13.8 Å². The van der Waals surface area contributed by atoms with Crippen molar-refractivity contribution in [3.63, 3.8) is 0 Å². The molecule has 0 radical (unpaired) electrons. The maximum absolute atomic E-state index is 12.1. The summed E-state index contributed by atoms with van der Waals surface area (Å²) in [6.45, 7) is 5.86. The van der Waals surface area contributed by atoms with Crippen molar-refractivity contribution in [2.75, 3.05) is 13.1 Å². The average molecular weight is 252 g/mol. The molecule has 2 heterocycles. The summed E-state index contributed by atoms with van der Waals surface area (Å²) < 4.78 is 0. The highest BCUT2D eigenvalue weighted by atomic mass is 32.1. The number of likely N-dealkylation sites (tertiary alicyclic amines) is 1. The van der Waals surface area contributed by atoms with Crippen molar-refractivity contribution in [2.45, 2.75) is 32.7 Å². The first kappa shape index (κ1) is 12.6. The fourth-order valence-electron chi connectivity index (χ4n) is 2.27. The molecule has 1 aliphatic heterocycles. The summed E-state index contributed by atoms with van der Waals surface area (Å²) in [7, 11) is 0.